The van der Waals surface area contributed by atoms with E-state index in [2.05, 4.69) is 0 Å². The number of thioether (sulfide) groups is 1. The van der Waals surface area contributed by atoms with Crippen LogP contribution in [0.25, 0.3) is 0 Å². The zero-order chi connectivity index (χ0) is 9.14. The quantitative estimate of drug-likeness (QED) is 0.726. The highest BCUT2D eigenvalue weighted by molar-refractivity contribution is 8.14. The van der Waals surface area contributed by atoms with Crippen molar-refractivity contribution in [3.63, 3.8) is 0 Å². The second kappa shape index (κ2) is 3.94. The van der Waals surface area contributed by atoms with Gasteiger partial charge in [-0.2, -0.15) is 0 Å². The summed E-state index contributed by atoms with van der Waals surface area (Å²) >= 11 is 0.938. The molecule has 0 bridgehead atoms. The first-order chi connectivity index (χ1) is 5.59. The number of carbonyl (C=O) groups is 2. The molecule has 1 unspecified atom stereocenters. The zero-order valence-electron chi connectivity index (χ0n) is 6.95. The van der Waals surface area contributed by atoms with Crippen LogP contribution < -0.4 is 0 Å². The van der Waals surface area contributed by atoms with Gasteiger partial charge in [0.25, 0.3) is 0 Å². The topological polar surface area (TPSA) is 54.4 Å². The van der Waals surface area contributed by atoms with E-state index in [0.717, 1.165) is 24.6 Å². The molecule has 0 spiro atoms. The molecule has 1 N–H and O–H groups in total. The van der Waals surface area contributed by atoms with E-state index in [9.17, 15) is 9.59 Å². The third-order valence-corrected chi connectivity index (χ3v) is 2.84. The van der Waals surface area contributed by atoms with Crippen LogP contribution in [0.1, 0.15) is 26.2 Å². The largest absolute Gasteiger partial charge is 0.480 e. The normalized spacial score (nSPS) is 18.8. The summed E-state index contributed by atoms with van der Waals surface area (Å²) in [7, 11) is 0. The maximum absolute atomic E-state index is 10.7. The third kappa shape index (κ3) is 3.26. The van der Waals surface area contributed by atoms with Gasteiger partial charge < -0.3 is 5.11 Å². The number of carboxylic acid groups (broad SMARTS) is 1. The molecule has 1 aliphatic rings. The highest BCUT2D eigenvalue weighted by Gasteiger charge is 2.30. The summed E-state index contributed by atoms with van der Waals surface area (Å²) in [6.45, 7) is 1.41. The van der Waals surface area contributed by atoms with E-state index in [1.807, 2.05) is 0 Å². The molecule has 3 nitrogen and oxygen atoms in total. The van der Waals surface area contributed by atoms with Crippen LogP contribution in [-0.2, 0) is 9.59 Å². The fourth-order valence-corrected chi connectivity index (χ4v) is 1.93. The number of hydrogen-bond donors (Lipinski definition) is 1. The monoisotopic (exact) mass is 188 g/mol. The molecule has 4 heteroatoms. The van der Waals surface area contributed by atoms with Crippen molar-refractivity contribution in [1.29, 1.82) is 0 Å². The Balaban J connectivity index is 2.36. The average Bonchev–Trinajstić information content (AvgIpc) is 2.68. The first kappa shape index (κ1) is 9.58. The molecule has 0 radical (unpaired) electrons. The molecule has 1 aliphatic carbocycles. The molecule has 0 aromatic heterocycles. The van der Waals surface area contributed by atoms with E-state index in [1.54, 1.807) is 0 Å². The van der Waals surface area contributed by atoms with Crippen molar-refractivity contribution in [3.8, 4) is 0 Å². The summed E-state index contributed by atoms with van der Waals surface area (Å²) in [4.78, 5) is 21.3. The van der Waals surface area contributed by atoms with Gasteiger partial charge in [0.15, 0.2) is 5.12 Å². The van der Waals surface area contributed by atoms with Crippen molar-refractivity contribution in [3.05, 3.63) is 0 Å². The number of rotatable bonds is 4. The Morgan fingerprint density at radius 3 is 2.50 bits per heavy atom. The molecule has 68 valence electrons. The van der Waals surface area contributed by atoms with Crippen LogP contribution in [0.5, 0.6) is 0 Å². The lowest BCUT2D eigenvalue weighted by Crippen LogP contribution is -2.18. The van der Waals surface area contributed by atoms with Gasteiger partial charge in [0.05, 0.1) is 0 Å². The Kier molecular flexibility index (Phi) is 3.14. The summed E-state index contributed by atoms with van der Waals surface area (Å²) in [5, 5.41) is 8.10. The predicted molar refractivity (Wildman–Crippen MR) is 47.0 cm³/mol. The van der Waals surface area contributed by atoms with Gasteiger partial charge >= 0.3 is 5.97 Å². The standard InChI is InChI=1S/C8H12O3S/c1-5(9)12-7(8(10)11)4-6-2-3-6/h6-7H,2-4H2,1H3,(H,10,11). The molecule has 1 fully saturated rings. The van der Waals surface area contributed by atoms with Gasteiger partial charge in [-0.3, -0.25) is 9.59 Å². The minimum Gasteiger partial charge on any atom is -0.480 e. The van der Waals surface area contributed by atoms with Gasteiger partial charge in [-0.25, -0.2) is 0 Å². The Bertz CT molecular complexity index is 198. The van der Waals surface area contributed by atoms with Gasteiger partial charge in [-0.05, 0) is 12.3 Å². The van der Waals surface area contributed by atoms with Gasteiger partial charge in [0.1, 0.15) is 5.25 Å². The molecule has 0 heterocycles. The summed E-state index contributed by atoms with van der Waals surface area (Å²) in [6.07, 6.45) is 2.91. The smallest absolute Gasteiger partial charge is 0.317 e. The summed E-state index contributed by atoms with van der Waals surface area (Å²) < 4.78 is 0. The van der Waals surface area contributed by atoms with E-state index in [1.165, 1.54) is 6.92 Å². The van der Waals surface area contributed by atoms with E-state index < -0.39 is 11.2 Å². The summed E-state index contributed by atoms with van der Waals surface area (Å²) in [5.74, 6) is -0.306. The number of hydrogen-bond acceptors (Lipinski definition) is 3. The van der Waals surface area contributed by atoms with Crippen LogP contribution in [0.3, 0.4) is 0 Å². The van der Waals surface area contributed by atoms with E-state index >= 15 is 0 Å². The van der Waals surface area contributed by atoms with Gasteiger partial charge in [0.2, 0.25) is 0 Å². The van der Waals surface area contributed by atoms with Crippen LogP contribution in [0.4, 0.5) is 0 Å². The Hall–Kier alpha value is -0.510. The molecule has 12 heavy (non-hydrogen) atoms. The minimum atomic E-state index is -0.859. The Morgan fingerprint density at radius 2 is 2.17 bits per heavy atom. The van der Waals surface area contributed by atoms with E-state index in [-0.39, 0.29) is 5.12 Å². The molecule has 0 saturated heterocycles. The third-order valence-electron chi connectivity index (χ3n) is 1.83. The van der Waals surface area contributed by atoms with Crippen LogP contribution >= 0.6 is 11.8 Å². The van der Waals surface area contributed by atoms with Crippen LogP contribution in [0, 0.1) is 5.92 Å². The molecule has 0 aromatic carbocycles. The first-order valence-corrected chi connectivity index (χ1v) is 4.87. The van der Waals surface area contributed by atoms with Gasteiger partial charge in [-0.1, -0.05) is 24.6 Å². The van der Waals surface area contributed by atoms with Crippen molar-refractivity contribution in [2.45, 2.75) is 31.4 Å². The van der Waals surface area contributed by atoms with Crippen molar-refractivity contribution < 1.29 is 14.7 Å². The number of carboxylic acids is 1. The fourth-order valence-electron chi connectivity index (χ4n) is 1.06. The van der Waals surface area contributed by atoms with E-state index in [4.69, 9.17) is 5.11 Å². The highest BCUT2D eigenvalue weighted by atomic mass is 32.2. The first-order valence-electron chi connectivity index (χ1n) is 3.99. The average molecular weight is 188 g/mol. The minimum absolute atomic E-state index is 0.108. The lowest BCUT2D eigenvalue weighted by Gasteiger charge is -2.07. The SMILES string of the molecule is CC(=O)SC(CC1CC1)C(=O)O. The Morgan fingerprint density at radius 1 is 1.58 bits per heavy atom. The van der Waals surface area contributed by atoms with Crippen molar-refractivity contribution >= 4 is 22.8 Å². The van der Waals surface area contributed by atoms with Crippen molar-refractivity contribution in [2.75, 3.05) is 0 Å². The van der Waals surface area contributed by atoms with Crippen LogP contribution in [-0.4, -0.2) is 21.4 Å². The molecule has 1 atom stereocenters. The molecule has 1 rings (SSSR count). The van der Waals surface area contributed by atoms with E-state index in [0.29, 0.717) is 12.3 Å². The maximum Gasteiger partial charge on any atom is 0.317 e. The lowest BCUT2D eigenvalue weighted by atomic mass is 10.2. The molecular weight excluding hydrogens is 176 g/mol. The Labute approximate surface area is 75.5 Å². The number of aliphatic carboxylic acids is 1. The molecule has 0 aromatic rings. The summed E-state index contributed by atoms with van der Waals surface area (Å²) in [5.41, 5.74) is 0. The molecular formula is C8H12O3S. The molecule has 0 aliphatic heterocycles. The molecule has 1 saturated carbocycles. The van der Waals surface area contributed by atoms with Gasteiger partial charge in [-0.15, -0.1) is 0 Å². The fraction of sp³-hybridized carbons (Fsp3) is 0.750. The maximum atomic E-state index is 10.7. The van der Waals surface area contributed by atoms with Crippen LogP contribution in [0.2, 0.25) is 0 Å². The van der Waals surface area contributed by atoms with Gasteiger partial charge in [0, 0.05) is 6.92 Å². The predicted octanol–water partition coefficient (Wildman–Crippen LogP) is 1.52. The van der Waals surface area contributed by atoms with Crippen LogP contribution in [0.15, 0.2) is 0 Å². The summed E-state index contributed by atoms with van der Waals surface area (Å²) in [6, 6.07) is 0. The highest BCUT2D eigenvalue weighted by Crippen LogP contribution is 2.36. The van der Waals surface area contributed by atoms with Crippen molar-refractivity contribution in [1.82, 2.24) is 0 Å². The number of carbonyl (C=O) groups excluding carboxylic acids is 1. The molecule has 0 amide bonds. The second-order valence-corrected chi connectivity index (χ2v) is 4.50. The van der Waals surface area contributed by atoms with Crippen molar-refractivity contribution in [2.24, 2.45) is 5.92 Å². The lowest BCUT2D eigenvalue weighted by molar-refractivity contribution is -0.136. The second-order valence-electron chi connectivity index (χ2n) is 3.12. The zero-order valence-corrected chi connectivity index (χ0v) is 7.76.